The maximum atomic E-state index is 9.63. The van der Waals surface area contributed by atoms with Crippen molar-refractivity contribution in [3.8, 4) is 5.75 Å². The third-order valence-corrected chi connectivity index (χ3v) is 2.40. The van der Waals surface area contributed by atoms with Crippen LogP contribution in [-0.2, 0) is 0 Å². The lowest BCUT2D eigenvalue weighted by molar-refractivity contribution is 0.459. The van der Waals surface area contributed by atoms with Gasteiger partial charge in [-0.3, -0.25) is 0 Å². The summed E-state index contributed by atoms with van der Waals surface area (Å²) in [5, 5.41) is 9.97. The van der Waals surface area contributed by atoms with E-state index in [1.54, 1.807) is 24.3 Å². The van der Waals surface area contributed by atoms with Gasteiger partial charge in [0.25, 0.3) is 0 Å². The minimum Gasteiger partial charge on any atom is -0.506 e. The summed E-state index contributed by atoms with van der Waals surface area (Å²) in [4.78, 5) is 0. The second-order valence-electron chi connectivity index (χ2n) is 3.15. The van der Waals surface area contributed by atoms with Gasteiger partial charge < -0.3 is 10.8 Å². The first-order chi connectivity index (χ1) is 6.66. The van der Waals surface area contributed by atoms with E-state index in [1.165, 1.54) is 0 Å². The topological polar surface area (TPSA) is 46.2 Å². The molecule has 14 heavy (non-hydrogen) atoms. The molecule has 0 saturated carbocycles. The van der Waals surface area contributed by atoms with Crippen LogP contribution in [0.3, 0.4) is 0 Å². The van der Waals surface area contributed by atoms with Crippen molar-refractivity contribution in [3.63, 3.8) is 0 Å². The number of halogens is 1. The van der Waals surface area contributed by atoms with Gasteiger partial charge in [0.1, 0.15) is 5.75 Å². The van der Waals surface area contributed by atoms with Crippen molar-refractivity contribution < 1.29 is 5.11 Å². The van der Waals surface area contributed by atoms with E-state index < -0.39 is 0 Å². The first-order valence-electron chi connectivity index (χ1n) is 4.50. The number of hydrogen-bond donors (Lipinski definition) is 2. The van der Waals surface area contributed by atoms with Crippen molar-refractivity contribution in [1.82, 2.24) is 0 Å². The summed E-state index contributed by atoms with van der Waals surface area (Å²) in [5.41, 5.74) is 6.58. The molecule has 0 spiro atoms. The molecule has 0 aliphatic carbocycles. The molecule has 3 N–H and O–H groups in total. The Kier molecular flexibility index (Phi) is 3.98. The maximum Gasteiger partial charge on any atom is 0.138 e. The summed E-state index contributed by atoms with van der Waals surface area (Å²) in [6.07, 6.45) is 3.39. The minimum absolute atomic E-state index is 0.0886. The number of nitrogens with two attached hydrogens (primary N) is 1. The highest BCUT2D eigenvalue weighted by atomic mass is 35.5. The van der Waals surface area contributed by atoms with Gasteiger partial charge in [-0.25, -0.2) is 0 Å². The fourth-order valence-electron chi connectivity index (χ4n) is 1.28. The molecule has 1 rings (SSSR count). The monoisotopic (exact) mass is 211 g/mol. The van der Waals surface area contributed by atoms with Crippen molar-refractivity contribution in [2.75, 3.05) is 0 Å². The highest BCUT2D eigenvalue weighted by Crippen LogP contribution is 2.31. The highest BCUT2D eigenvalue weighted by Gasteiger charge is 2.11. The number of hydrogen-bond acceptors (Lipinski definition) is 2. The summed E-state index contributed by atoms with van der Waals surface area (Å²) in [7, 11) is 0. The average molecular weight is 212 g/mol. The number of phenolic OH excluding ortho intramolecular Hbond substituents is 1. The van der Waals surface area contributed by atoms with Crippen LogP contribution in [0.5, 0.6) is 5.75 Å². The Balaban J connectivity index is 2.83. The molecule has 0 saturated heterocycles. The van der Waals surface area contributed by atoms with Crippen LogP contribution in [0.4, 0.5) is 0 Å². The maximum absolute atomic E-state index is 9.63. The van der Waals surface area contributed by atoms with Crippen LogP contribution in [0.1, 0.15) is 24.4 Å². The lowest BCUT2D eigenvalue weighted by Crippen LogP contribution is -2.09. The van der Waals surface area contributed by atoms with Crippen molar-refractivity contribution in [3.05, 3.63) is 41.4 Å². The van der Waals surface area contributed by atoms with E-state index in [2.05, 4.69) is 6.58 Å². The average Bonchev–Trinajstić information content (AvgIpc) is 2.18. The third kappa shape index (κ3) is 2.50. The van der Waals surface area contributed by atoms with E-state index in [1.807, 2.05) is 0 Å². The predicted octanol–water partition coefficient (Wildman–Crippen LogP) is 3.01. The molecule has 1 atom stereocenters. The Hall–Kier alpha value is -0.990. The Labute approximate surface area is 89.0 Å². The van der Waals surface area contributed by atoms with Crippen LogP contribution >= 0.6 is 11.6 Å². The van der Waals surface area contributed by atoms with Crippen molar-refractivity contribution in [2.24, 2.45) is 5.73 Å². The molecule has 1 aromatic carbocycles. The third-order valence-electron chi connectivity index (χ3n) is 2.10. The van der Waals surface area contributed by atoms with Gasteiger partial charge in [0.15, 0.2) is 0 Å². The van der Waals surface area contributed by atoms with E-state index in [9.17, 15) is 5.11 Å². The largest absolute Gasteiger partial charge is 0.506 e. The standard InChI is InChI=1S/C11H14ClNO/c1-2-3-7-10(13)8-5-4-6-9(12)11(8)14/h2,4-6,10,14H,1,3,7,13H2/t10-/m1/s1. The molecule has 0 bridgehead atoms. The van der Waals surface area contributed by atoms with Crippen LogP contribution in [0, 0.1) is 0 Å². The zero-order chi connectivity index (χ0) is 10.6. The van der Waals surface area contributed by atoms with Gasteiger partial charge in [0, 0.05) is 11.6 Å². The SMILES string of the molecule is C=CCC[C@@H](N)c1cccc(Cl)c1O. The van der Waals surface area contributed by atoms with Crippen LogP contribution in [0.15, 0.2) is 30.9 Å². The van der Waals surface area contributed by atoms with Gasteiger partial charge in [-0.15, -0.1) is 6.58 Å². The van der Waals surface area contributed by atoms with E-state index >= 15 is 0 Å². The molecule has 3 heteroatoms. The van der Waals surface area contributed by atoms with Crippen LogP contribution in [-0.4, -0.2) is 5.11 Å². The summed E-state index contributed by atoms with van der Waals surface area (Å²) in [6, 6.07) is 5.02. The molecule has 0 unspecified atom stereocenters. The van der Waals surface area contributed by atoms with Crippen LogP contribution in [0.25, 0.3) is 0 Å². The van der Waals surface area contributed by atoms with E-state index in [4.69, 9.17) is 17.3 Å². The number of benzene rings is 1. The van der Waals surface area contributed by atoms with Gasteiger partial charge in [0.2, 0.25) is 0 Å². The molecule has 2 nitrogen and oxygen atoms in total. The zero-order valence-electron chi connectivity index (χ0n) is 7.91. The molecular formula is C11H14ClNO. The van der Waals surface area contributed by atoms with Crippen molar-refractivity contribution in [2.45, 2.75) is 18.9 Å². The first kappa shape index (κ1) is 11.1. The first-order valence-corrected chi connectivity index (χ1v) is 4.88. The number of phenols is 1. The number of aromatic hydroxyl groups is 1. The van der Waals surface area contributed by atoms with E-state index in [-0.39, 0.29) is 11.8 Å². The zero-order valence-corrected chi connectivity index (χ0v) is 8.67. The normalized spacial score (nSPS) is 12.4. The minimum atomic E-state index is -0.188. The van der Waals surface area contributed by atoms with Crippen molar-refractivity contribution in [1.29, 1.82) is 0 Å². The summed E-state index contributed by atoms with van der Waals surface area (Å²) in [5.74, 6) is 0.0886. The number of allylic oxidation sites excluding steroid dienone is 1. The summed E-state index contributed by atoms with van der Waals surface area (Å²) >= 11 is 5.77. The second-order valence-corrected chi connectivity index (χ2v) is 3.56. The Morgan fingerprint density at radius 2 is 2.29 bits per heavy atom. The molecule has 0 radical (unpaired) electrons. The second kappa shape index (κ2) is 5.03. The molecule has 0 aliphatic heterocycles. The van der Waals surface area contributed by atoms with Gasteiger partial charge in [-0.2, -0.15) is 0 Å². The van der Waals surface area contributed by atoms with Crippen LogP contribution < -0.4 is 5.73 Å². The fourth-order valence-corrected chi connectivity index (χ4v) is 1.47. The highest BCUT2D eigenvalue weighted by molar-refractivity contribution is 6.32. The van der Waals surface area contributed by atoms with Gasteiger partial charge in [0.05, 0.1) is 5.02 Å². The molecule has 76 valence electrons. The number of para-hydroxylation sites is 1. The molecule has 0 heterocycles. The molecule has 0 amide bonds. The quantitative estimate of drug-likeness (QED) is 0.753. The van der Waals surface area contributed by atoms with Gasteiger partial charge in [-0.05, 0) is 18.9 Å². The lowest BCUT2D eigenvalue weighted by atomic mass is 10.0. The summed E-state index contributed by atoms with van der Waals surface area (Å²) in [6.45, 7) is 3.62. The lowest BCUT2D eigenvalue weighted by Gasteiger charge is -2.13. The Morgan fingerprint density at radius 1 is 1.57 bits per heavy atom. The molecule has 0 aromatic heterocycles. The Bertz CT molecular complexity index is 325. The molecule has 0 aliphatic rings. The summed E-state index contributed by atoms with van der Waals surface area (Å²) < 4.78 is 0. The molecule has 0 fully saturated rings. The fraction of sp³-hybridized carbons (Fsp3) is 0.273. The molecular weight excluding hydrogens is 198 g/mol. The predicted molar refractivity (Wildman–Crippen MR) is 59.5 cm³/mol. The van der Waals surface area contributed by atoms with Gasteiger partial charge in [-0.1, -0.05) is 29.8 Å². The Morgan fingerprint density at radius 3 is 2.93 bits per heavy atom. The van der Waals surface area contributed by atoms with Crippen LogP contribution in [0.2, 0.25) is 5.02 Å². The molecule has 1 aromatic rings. The smallest absolute Gasteiger partial charge is 0.138 e. The van der Waals surface area contributed by atoms with E-state index in [0.29, 0.717) is 10.6 Å². The number of rotatable bonds is 4. The van der Waals surface area contributed by atoms with E-state index in [0.717, 1.165) is 12.8 Å². The van der Waals surface area contributed by atoms with Gasteiger partial charge >= 0.3 is 0 Å². The van der Waals surface area contributed by atoms with Crippen molar-refractivity contribution >= 4 is 11.6 Å².